The van der Waals surface area contributed by atoms with Crippen molar-refractivity contribution < 1.29 is 13.5 Å². The summed E-state index contributed by atoms with van der Waals surface area (Å²) in [6.07, 6.45) is 2.53. The Hall–Kier alpha value is -1.65. The Morgan fingerprint density at radius 3 is 2.35 bits per heavy atom. The van der Waals surface area contributed by atoms with Gasteiger partial charge in [-0.2, -0.15) is 0 Å². The number of aliphatic hydroxyl groups excluding tert-OH is 1. The summed E-state index contributed by atoms with van der Waals surface area (Å²) >= 11 is 0. The average molecular weight is 373 g/mol. The standard InChI is InChI=1S/C22H28O3S/c1-3-5-15-22(4-2)16-26(24,25)19-14-10-9-13-18(19)20(21(22)23)17-11-7-6-8-12-17/h6-14,20-21,23H,3-5,15-16H2,1-2H3/t20-,21+,22+/m1/s1. The van der Waals surface area contributed by atoms with Crippen LogP contribution in [0.25, 0.3) is 0 Å². The zero-order chi connectivity index (χ0) is 18.8. The summed E-state index contributed by atoms with van der Waals surface area (Å²) in [6.45, 7) is 4.11. The van der Waals surface area contributed by atoms with Gasteiger partial charge in [-0.25, -0.2) is 8.42 Å². The Kier molecular flexibility index (Phi) is 5.54. The summed E-state index contributed by atoms with van der Waals surface area (Å²) in [5, 5.41) is 11.6. The Labute approximate surface area is 157 Å². The van der Waals surface area contributed by atoms with E-state index in [0.717, 1.165) is 30.4 Å². The minimum atomic E-state index is -3.46. The highest BCUT2D eigenvalue weighted by Crippen LogP contribution is 2.48. The molecule has 1 aliphatic rings. The van der Waals surface area contributed by atoms with Crippen molar-refractivity contribution >= 4 is 9.84 Å². The van der Waals surface area contributed by atoms with Crippen molar-refractivity contribution in [1.29, 1.82) is 0 Å². The largest absolute Gasteiger partial charge is 0.392 e. The number of rotatable bonds is 5. The van der Waals surface area contributed by atoms with E-state index in [0.29, 0.717) is 11.3 Å². The van der Waals surface area contributed by atoms with Crippen molar-refractivity contribution in [2.24, 2.45) is 5.41 Å². The van der Waals surface area contributed by atoms with Crippen molar-refractivity contribution in [2.75, 3.05) is 5.75 Å². The summed E-state index contributed by atoms with van der Waals surface area (Å²) in [4.78, 5) is 0.375. The van der Waals surface area contributed by atoms with Crippen LogP contribution in [0, 0.1) is 5.41 Å². The molecule has 0 aromatic heterocycles. The molecule has 1 N–H and O–H groups in total. The predicted molar refractivity (Wildman–Crippen MR) is 105 cm³/mol. The van der Waals surface area contributed by atoms with E-state index >= 15 is 0 Å². The first-order valence-corrected chi connectivity index (χ1v) is 11.1. The maximum atomic E-state index is 13.2. The van der Waals surface area contributed by atoms with E-state index in [9.17, 15) is 13.5 Å². The van der Waals surface area contributed by atoms with Crippen LogP contribution in [0.5, 0.6) is 0 Å². The average Bonchev–Trinajstić information content (AvgIpc) is 2.73. The number of hydrogen-bond donors (Lipinski definition) is 1. The van der Waals surface area contributed by atoms with Crippen LogP contribution in [0.15, 0.2) is 59.5 Å². The number of aliphatic hydroxyl groups is 1. The van der Waals surface area contributed by atoms with E-state index in [1.807, 2.05) is 49.4 Å². The number of fused-ring (bicyclic) bond motifs is 1. The highest BCUT2D eigenvalue weighted by molar-refractivity contribution is 7.91. The normalized spacial score (nSPS) is 27.5. The molecule has 0 aliphatic carbocycles. The van der Waals surface area contributed by atoms with Crippen LogP contribution in [0.1, 0.15) is 56.6 Å². The molecule has 26 heavy (non-hydrogen) atoms. The zero-order valence-corrected chi connectivity index (χ0v) is 16.4. The quantitative estimate of drug-likeness (QED) is 0.837. The van der Waals surface area contributed by atoms with Gasteiger partial charge in [0.25, 0.3) is 0 Å². The molecule has 0 fully saturated rings. The number of hydrogen-bond acceptors (Lipinski definition) is 3. The molecule has 4 heteroatoms. The molecule has 3 nitrogen and oxygen atoms in total. The summed E-state index contributed by atoms with van der Waals surface area (Å²) in [5.41, 5.74) is 1.06. The minimum Gasteiger partial charge on any atom is -0.392 e. The highest BCUT2D eigenvalue weighted by atomic mass is 32.2. The van der Waals surface area contributed by atoms with Crippen molar-refractivity contribution in [3.63, 3.8) is 0 Å². The summed E-state index contributed by atoms with van der Waals surface area (Å²) in [7, 11) is -3.46. The Balaban J connectivity index is 2.25. The van der Waals surface area contributed by atoms with Crippen LogP contribution in [-0.4, -0.2) is 25.4 Å². The van der Waals surface area contributed by atoms with Crippen molar-refractivity contribution in [2.45, 2.75) is 56.4 Å². The Morgan fingerprint density at radius 2 is 1.69 bits per heavy atom. The maximum Gasteiger partial charge on any atom is 0.179 e. The monoisotopic (exact) mass is 372 g/mol. The highest BCUT2D eigenvalue weighted by Gasteiger charge is 2.48. The molecule has 2 aromatic rings. The molecule has 2 aromatic carbocycles. The lowest BCUT2D eigenvalue weighted by molar-refractivity contribution is 0.0174. The lowest BCUT2D eigenvalue weighted by Crippen LogP contribution is -2.42. The van der Waals surface area contributed by atoms with E-state index in [1.165, 1.54) is 0 Å². The van der Waals surface area contributed by atoms with Gasteiger partial charge in [0.05, 0.1) is 16.8 Å². The first kappa shape index (κ1) is 19.1. The molecule has 0 spiro atoms. The third kappa shape index (κ3) is 3.33. The Bertz CT molecular complexity index is 845. The molecule has 3 atom stereocenters. The molecule has 0 radical (unpaired) electrons. The van der Waals surface area contributed by atoms with Crippen molar-refractivity contribution in [3.8, 4) is 0 Å². The van der Waals surface area contributed by atoms with Gasteiger partial charge in [-0.1, -0.05) is 75.2 Å². The number of sulfone groups is 1. The first-order valence-electron chi connectivity index (χ1n) is 9.50. The minimum absolute atomic E-state index is 0.0119. The number of unbranched alkanes of at least 4 members (excludes halogenated alkanes) is 1. The van der Waals surface area contributed by atoms with Gasteiger partial charge >= 0.3 is 0 Å². The molecule has 0 unspecified atom stereocenters. The van der Waals surface area contributed by atoms with Crippen LogP contribution in [0.2, 0.25) is 0 Å². The van der Waals surface area contributed by atoms with Gasteiger partial charge in [0.1, 0.15) is 0 Å². The van der Waals surface area contributed by atoms with Gasteiger partial charge < -0.3 is 5.11 Å². The van der Waals surface area contributed by atoms with E-state index in [-0.39, 0.29) is 11.7 Å². The van der Waals surface area contributed by atoms with E-state index in [2.05, 4.69) is 6.92 Å². The van der Waals surface area contributed by atoms with Gasteiger partial charge in [-0.15, -0.1) is 0 Å². The van der Waals surface area contributed by atoms with Gasteiger partial charge in [0.15, 0.2) is 9.84 Å². The molecule has 0 bridgehead atoms. The fraction of sp³-hybridized carbons (Fsp3) is 0.455. The van der Waals surface area contributed by atoms with Crippen LogP contribution in [0.4, 0.5) is 0 Å². The zero-order valence-electron chi connectivity index (χ0n) is 15.6. The lowest BCUT2D eigenvalue weighted by Gasteiger charge is -2.39. The van der Waals surface area contributed by atoms with Crippen LogP contribution < -0.4 is 0 Å². The smallest absolute Gasteiger partial charge is 0.179 e. The fourth-order valence-corrected chi connectivity index (χ4v) is 6.62. The van der Waals surface area contributed by atoms with E-state index < -0.39 is 21.4 Å². The molecular weight excluding hydrogens is 344 g/mol. The molecule has 3 rings (SSSR count). The van der Waals surface area contributed by atoms with Gasteiger partial charge in [-0.3, -0.25) is 0 Å². The van der Waals surface area contributed by atoms with Crippen LogP contribution in [-0.2, 0) is 9.84 Å². The van der Waals surface area contributed by atoms with E-state index in [4.69, 9.17) is 0 Å². The fourth-order valence-electron chi connectivity index (χ4n) is 4.34. The SMILES string of the molecule is CCCC[C@@]1(CC)CS(=O)(=O)c2ccccc2[C@@H](c2ccccc2)[C@@H]1O. The van der Waals surface area contributed by atoms with E-state index in [1.54, 1.807) is 12.1 Å². The number of benzene rings is 2. The molecule has 0 amide bonds. The van der Waals surface area contributed by atoms with Crippen molar-refractivity contribution in [3.05, 3.63) is 65.7 Å². The summed E-state index contributed by atoms with van der Waals surface area (Å²) < 4.78 is 26.5. The summed E-state index contributed by atoms with van der Waals surface area (Å²) in [6, 6.07) is 17.0. The lowest BCUT2D eigenvalue weighted by atomic mass is 9.69. The van der Waals surface area contributed by atoms with Crippen LogP contribution in [0.3, 0.4) is 0 Å². The van der Waals surface area contributed by atoms with Gasteiger partial charge in [-0.05, 0) is 30.0 Å². The second kappa shape index (κ2) is 7.53. The summed E-state index contributed by atoms with van der Waals surface area (Å²) in [5.74, 6) is -0.320. The maximum absolute atomic E-state index is 13.2. The van der Waals surface area contributed by atoms with Crippen LogP contribution >= 0.6 is 0 Å². The molecular formula is C22H28O3S. The molecule has 140 valence electrons. The second-order valence-corrected chi connectivity index (χ2v) is 9.41. The molecule has 0 saturated carbocycles. The van der Waals surface area contributed by atoms with Crippen molar-refractivity contribution in [1.82, 2.24) is 0 Å². The molecule has 1 aliphatic heterocycles. The third-order valence-corrected chi connectivity index (χ3v) is 7.90. The predicted octanol–water partition coefficient (Wildman–Crippen LogP) is 4.55. The first-order chi connectivity index (χ1) is 12.4. The third-order valence-electron chi connectivity index (χ3n) is 5.90. The topological polar surface area (TPSA) is 54.4 Å². The Morgan fingerprint density at radius 1 is 1.04 bits per heavy atom. The molecule has 0 saturated heterocycles. The molecule has 1 heterocycles. The second-order valence-electron chi connectivity index (χ2n) is 7.45. The van der Waals surface area contributed by atoms with Gasteiger partial charge in [0, 0.05) is 11.3 Å². The van der Waals surface area contributed by atoms with Gasteiger partial charge in [0.2, 0.25) is 0 Å².